The quantitative estimate of drug-likeness (QED) is 0.682. The Kier molecular flexibility index (Phi) is 2.43. The Morgan fingerprint density at radius 2 is 2.25 bits per heavy atom. The van der Waals surface area contributed by atoms with E-state index in [1.807, 2.05) is 0 Å². The fourth-order valence-corrected chi connectivity index (χ4v) is 1.54. The van der Waals surface area contributed by atoms with Crippen molar-refractivity contribution in [2.45, 2.75) is 13.0 Å². The highest BCUT2D eigenvalue weighted by Crippen LogP contribution is 2.18. The normalized spacial score (nSPS) is 15.9. The molecule has 16 heavy (non-hydrogen) atoms. The molecule has 1 aliphatic heterocycles. The number of carbonyl (C=O) groups is 3. The van der Waals surface area contributed by atoms with Gasteiger partial charge >= 0.3 is 5.97 Å². The maximum absolute atomic E-state index is 11.4. The van der Waals surface area contributed by atoms with E-state index in [0.29, 0.717) is 5.69 Å². The second-order valence-electron chi connectivity index (χ2n) is 3.49. The van der Waals surface area contributed by atoms with E-state index in [4.69, 9.17) is 5.11 Å². The maximum atomic E-state index is 11.4. The fourth-order valence-electron chi connectivity index (χ4n) is 1.54. The number of nitrogens with zero attached hydrogens (tertiary/aromatic N) is 3. The SMILES string of the molecule is O=C(O)Cn1cc(N2CC(=O)CC2=O)cn1. The molecule has 0 bridgehead atoms. The van der Waals surface area contributed by atoms with Crippen LogP contribution in [0.15, 0.2) is 12.4 Å². The summed E-state index contributed by atoms with van der Waals surface area (Å²) in [6.45, 7) is -0.229. The van der Waals surface area contributed by atoms with Crippen LogP contribution in [0.1, 0.15) is 6.42 Å². The Morgan fingerprint density at radius 1 is 1.50 bits per heavy atom. The third kappa shape index (κ3) is 1.92. The van der Waals surface area contributed by atoms with Gasteiger partial charge in [0.05, 0.1) is 24.8 Å². The van der Waals surface area contributed by atoms with Gasteiger partial charge in [-0.2, -0.15) is 5.10 Å². The van der Waals surface area contributed by atoms with Gasteiger partial charge < -0.3 is 10.0 Å². The highest BCUT2D eigenvalue weighted by atomic mass is 16.4. The summed E-state index contributed by atoms with van der Waals surface area (Å²) in [6.07, 6.45) is 2.72. The second-order valence-corrected chi connectivity index (χ2v) is 3.49. The van der Waals surface area contributed by atoms with E-state index in [1.54, 1.807) is 0 Å². The Labute approximate surface area is 90.3 Å². The largest absolute Gasteiger partial charge is 0.480 e. The molecule has 0 unspecified atom stereocenters. The molecular formula is C9H9N3O4. The molecule has 0 saturated carbocycles. The van der Waals surface area contributed by atoms with Gasteiger partial charge in [-0.3, -0.25) is 19.1 Å². The summed E-state index contributed by atoms with van der Waals surface area (Å²) in [6, 6.07) is 0. The lowest BCUT2D eigenvalue weighted by Gasteiger charge is -2.10. The molecule has 1 N–H and O–H groups in total. The first-order valence-electron chi connectivity index (χ1n) is 4.62. The van der Waals surface area contributed by atoms with Gasteiger partial charge in [0.1, 0.15) is 6.54 Å². The Balaban J connectivity index is 2.15. The van der Waals surface area contributed by atoms with E-state index in [0.717, 1.165) is 0 Å². The highest BCUT2D eigenvalue weighted by molar-refractivity contribution is 6.14. The van der Waals surface area contributed by atoms with Gasteiger partial charge in [-0.15, -0.1) is 0 Å². The van der Waals surface area contributed by atoms with Crippen molar-refractivity contribution < 1.29 is 19.5 Å². The number of carboxylic acid groups (broad SMARTS) is 1. The molecule has 1 amide bonds. The summed E-state index contributed by atoms with van der Waals surface area (Å²) in [4.78, 5) is 34.1. The topological polar surface area (TPSA) is 92.5 Å². The number of amides is 1. The molecule has 1 saturated heterocycles. The fraction of sp³-hybridized carbons (Fsp3) is 0.333. The molecule has 7 nitrogen and oxygen atoms in total. The number of ketones is 1. The van der Waals surface area contributed by atoms with Crippen LogP contribution in [-0.4, -0.2) is 39.1 Å². The van der Waals surface area contributed by atoms with Crippen LogP contribution in [0.25, 0.3) is 0 Å². The summed E-state index contributed by atoms with van der Waals surface area (Å²) < 4.78 is 1.20. The summed E-state index contributed by atoms with van der Waals surface area (Å²) in [7, 11) is 0. The van der Waals surface area contributed by atoms with Crippen molar-refractivity contribution in [3.8, 4) is 0 Å². The smallest absolute Gasteiger partial charge is 0.325 e. The van der Waals surface area contributed by atoms with Crippen molar-refractivity contribution in [2.75, 3.05) is 11.4 Å². The zero-order chi connectivity index (χ0) is 11.7. The zero-order valence-corrected chi connectivity index (χ0v) is 8.29. The monoisotopic (exact) mass is 223 g/mol. The van der Waals surface area contributed by atoms with Gasteiger partial charge in [0.25, 0.3) is 0 Å². The van der Waals surface area contributed by atoms with E-state index in [2.05, 4.69) is 5.10 Å². The number of anilines is 1. The number of aromatic nitrogens is 2. The number of aliphatic carboxylic acids is 1. The first kappa shape index (κ1) is 10.3. The molecule has 0 atom stereocenters. The summed E-state index contributed by atoms with van der Waals surface area (Å²) >= 11 is 0. The minimum Gasteiger partial charge on any atom is -0.480 e. The van der Waals surface area contributed by atoms with Crippen LogP contribution in [0.5, 0.6) is 0 Å². The Morgan fingerprint density at radius 3 is 2.81 bits per heavy atom. The maximum Gasteiger partial charge on any atom is 0.325 e. The molecular weight excluding hydrogens is 214 g/mol. The average molecular weight is 223 g/mol. The van der Waals surface area contributed by atoms with Crippen LogP contribution in [-0.2, 0) is 20.9 Å². The average Bonchev–Trinajstić information content (AvgIpc) is 2.72. The lowest BCUT2D eigenvalue weighted by atomic mass is 10.3. The minimum atomic E-state index is -1.02. The van der Waals surface area contributed by atoms with Crippen LogP contribution < -0.4 is 4.90 Å². The molecule has 1 aromatic heterocycles. The van der Waals surface area contributed by atoms with Gasteiger partial charge in [-0.1, -0.05) is 0 Å². The van der Waals surface area contributed by atoms with E-state index < -0.39 is 5.97 Å². The lowest BCUT2D eigenvalue weighted by Crippen LogP contribution is -2.24. The third-order valence-corrected chi connectivity index (χ3v) is 2.21. The predicted molar refractivity (Wildman–Crippen MR) is 51.8 cm³/mol. The number of hydrogen-bond acceptors (Lipinski definition) is 4. The Hall–Kier alpha value is -2.18. The standard InChI is InChI=1S/C9H9N3O4/c13-7-1-8(14)12(4-7)6-2-10-11(3-6)5-9(15)16/h2-3H,1,4-5H2,(H,15,16). The molecule has 1 aliphatic rings. The van der Waals surface area contributed by atoms with Crippen LogP contribution in [0.4, 0.5) is 5.69 Å². The van der Waals surface area contributed by atoms with E-state index in [9.17, 15) is 14.4 Å². The second kappa shape index (κ2) is 3.76. The predicted octanol–water partition coefficient (Wildman–Crippen LogP) is -0.727. The van der Waals surface area contributed by atoms with Crippen LogP contribution >= 0.6 is 0 Å². The van der Waals surface area contributed by atoms with E-state index in [-0.39, 0.29) is 31.2 Å². The third-order valence-electron chi connectivity index (χ3n) is 2.21. The molecule has 84 valence electrons. The van der Waals surface area contributed by atoms with Gasteiger partial charge in [0.2, 0.25) is 5.91 Å². The summed E-state index contributed by atoms with van der Waals surface area (Å²) in [5, 5.41) is 12.3. The van der Waals surface area contributed by atoms with Crippen molar-refractivity contribution in [1.29, 1.82) is 0 Å². The minimum absolute atomic E-state index is 0.0393. The molecule has 1 aromatic rings. The number of Topliss-reactive ketones (excluding diaryl/α,β-unsaturated/α-hetero) is 1. The van der Waals surface area contributed by atoms with Gasteiger partial charge in [-0.25, -0.2) is 0 Å². The van der Waals surface area contributed by atoms with Crippen LogP contribution in [0, 0.1) is 0 Å². The molecule has 1 fully saturated rings. The molecule has 2 heterocycles. The van der Waals surface area contributed by atoms with E-state index >= 15 is 0 Å². The van der Waals surface area contributed by atoms with Gasteiger partial charge in [0.15, 0.2) is 5.78 Å². The van der Waals surface area contributed by atoms with Crippen LogP contribution in [0.2, 0.25) is 0 Å². The van der Waals surface area contributed by atoms with E-state index in [1.165, 1.54) is 22.0 Å². The first-order valence-corrected chi connectivity index (χ1v) is 4.62. The van der Waals surface area contributed by atoms with Crippen molar-refractivity contribution in [3.05, 3.63) is 12.4 Å². The molecule has 7 heteroatoms. The van der Waals surface area contributed by atoms with Crippen LogP contribution in [0.3, 0.4) is 0 Å². The van der Waals surface area contributed by atoms with Crippen molar-refractivity contribution >= 4 is 23.3 Å². The number of rotatable bonds is 3. The number of carbonyl (C=O) groups excluding carboxylic acids is 2. The molecule has 0 radical (unpaired) electrons. The molecule has 0 aromatic carbocycles. The summed E-state index contributed by atoms with van der Waals surface area (Å²) in [5.74, 6) is -1.44. The Bertz CT molecular complexity index is 465. The molecule has 2 rings (SSSR count). The van der Waals surface area contributed by atoms with Gasteiger partial charge in [-0.05, 0) is 0 Å². The highest BCUT2D eigenvalue weighted by Gasteiger charge is 2.29. The lowest BCUT2D eigenvalue weighted by molar-refractivity contribution is -0.138. The van der Waals surface area contributed by atoms with Gasteiger partial charge in [0, 0.05) is 6.20 Å². The van der Waals surface area contributed by atoms with Crippen molar-refractivity contribution in [3.63, 3.8) is 0 Å². The molecule has 0 spiro atoms. The molecule has 0 aliphatic carbocycles. The zero-order valence-electron chi connectivity index (χ0n) is 8.29. The number of carboxylic acids is 1. The summed E-state index contributed by atoms with van der Waals surface area (Å²) in [5.41, 5.74) is 0.456. The van der Waals surface area contributed by atoms with Crippen molar-refractivity contribution in [2.24, 2.45) is 0 Å². The van der Waals surface area contributed by atoms with Crippen molar-refractivity contribution in [1.82, 2.24) is 9.78 Å². The number of hydrogen-bond donors (Lipinski definition) is 1. The first-order chi connectivity index (χ1) is 7.56.